The molecule has 2 aromatic rings. The first kappa shape index (κ1) is 15.6. The molecule has 0 spiro atoms. The third-order valence-corrected chi connectivity index (χ3v) is 4.34. The zero-order chi connectivity index (χ0) is 16.4. The third kappa shape index (κ3) is 3.07. The number of aromatic nitrogens is 2. The smallest absolute Gasteiger partial charge is 0.326 e. The van der Waals surface area contributed by atoms with E-state index >= 15 is 0 Å². The average Bonchev–Trinajstić information content (AvgIpc) is 3.03. The van der Waals surface area contributed by atoms with Crippen LogP contribution in [-0.2, 0) is 11.3 Å². The Labute approximate surface area is 137 Å². The van der Waals surface area contributed by atoms with Crippen LogP contribution in [0.5, 0.6) is 0 Å². The van der Waals surface area contributed by atoms with Gasteiger partial charge >= 0.3 is 5.97 Å². The van der Waals surface area contributed by atoms with Crippen molar-refractivity contribution in [2.45, 2.75) is 25.4 Å². The first-order valence-corrected chi connectivity index (χ1v) is 7.74. The molecule has 0 bridgehead atoms. The number of aliphatic carboxylic acids is 1. The Hall–Kier alpha value is -2.34. The van der Waals surface area contributed by atoms with Crippen LogP contribution in [0.25, 0.3) is 0 Å². The highest BCUT2D eigenvalue weighted by molar-refractivity contribution is 6.33. The van der Waals surface area contributed by atoms with Gasteiger partial charge in [0.15, 0.2) is 0 Å². The molecular formula is C16H16ClN3O3. The zero-order valence-electron chi connectivity index (χ0n) is 12.4. The normalized spacial score (nSPS) is 17.4. The molecule has 1 aromatic heterocycles. The molecule has 2 heterocycles. The van der Waals surface area contributed by atoms with Gasteiger partial charge in [-0.3, -0.25) is 4.79 Å². The maximum atomic E-state index is 12.4. The molecule has 0 amide bonds. The number of carbonyl (C=O) groups is 1. The third-order valence-electron chi connectivity index (χ3n) is 3.99. The largest absolute Gasteiger partial charge is 0.480 e. The predicted octanol–water partition coefficient (Wildman–Crippen LogP) is 2.00. The van der Waals surface area contributed by atoms with E-state index in [1.165, 1.54) is 10.9 Å². The van der Waals surface area contributed by atoms with E-state index in [-0.39, 0.29) is 5.02 Å². The summed E-state index contributed by atoms with van der Waals surface area (Å²) < 4.78 is 1.28. The summed E-state index contributed by atoms with van der Waals surface area (Å²) in [4.78, 5) is 25.4. The van der Waals surface area contributed by atoms with E-state index in [1.807, 2.05) is 30.3 Å². The molecule has 1 aliphatic heterocycles. The minimum absolute atomic E-state index is 0.0177. The molecule has 1 saturated heterocycles. The topological polar surface area (TPSA) is 75.4 Å². The van der Waals surface area contributed by atoms with Crippen molar-refractivity contribution in [3.63, 3.8) is 0 Å². The second kappa shape index (κ2) is 6.42. The van der Waals surface area contributed by atoms with E-state index in [1.54, 1.807) is 4.90 Å². The molecule has 0 saturated carbocycles. The number of hydrogen-bond donors (Lipinski definition) is 1. The quantitative estimate of drug-likeness (QED) is 0.926. The number of rotatable bonds is 4. The highest BCUT2D eigenvalue weighted by Gasteiger charge is 2.32. The van der Waals surface area contributed by atoms with Gasteiger partial charge in [-0.25, -0.2) is 9.48 Å². The summed E-state index contributed by atoms with van der Waals surface area (Å²) in [5.41, 5.74) is 0.922. The minimum atomic E-state index is -0.910. The lowest BCUT2D eigenvalue weighted by Gasteiger charge is -2.24. The molecule has 0 aliphatic carbocycles. The lowest BCUT2D eigenvalue weighted by Crippen LogP contribution is -2.37. The summed E-state index contributed by atoms with van der Waals surface area (Å²) in [6.45, 7) is 0.878. The lowest BCUT2D eigenvalue weighted by molar-refractivity contribution is -0.138. The number of halogens is 1. The fourth-order valence-electron chi connectivity index (χ4n) is 2.84. The molecule has 1 aliphatic rings. The maximum Gasteiger partial charge on any atom is 0.326 e. The second-order valence-corrected chi connectivity index (χ2v) is 5.86. The van der Waals surface area contributed by atoms with Gasteiger partial charge in [0, 0.05) is 6.54 Å². The van der Waals surface area contributed by atoms with E-state index in [0.717, 1.165) is 12.0 Å². The van der Waals surface area contributed by atoms with E-state index in [9.17, 15) is 14.7 Å². The molecule has 1 fully saturated rings. The number of carboxylic acid groups (broad SMARTS) is 1. The Bertz CT molecular complexity index is 776. The molecule has 3 rings (SSSR count). The van der Waals surface area contributed by atoms with Crippen molar-refractivity contribution in [1.29, 1.82) is 0 Å². The van der Waals surface area contributed by atoms with E-state index in [0.29, 0.717) is 25.2 Å². The van der Waals surface area contributed by atoms with Gasteiger partial charge in [0.1, 0.15) is 11.1 Å². The average molecular weight is 334 g/mol. The van der Waals surface area contributed by atoms with E-state index in [4.69, 9.17) is 11.6 Å². The first-order valence-electron chi connectivity index (χ1n) is 7.37. The van der Waals surface area contributed by atoms with Gasteiger partial charge in [-0.1, -0.05) is 41.9 Å². The molecule has 120 valence electrons. The molecule has 1 unspecified atom stereocenters. The highest BCUT2D eigenvalue weighted by Crippen LogP contribution is 2.29. The molecule has 23 heavy (non-hydrogen) atoms. The van der Waals surface area contributed by atoms with Crippen molar-refractivity contribution in [1.82, 2.24) is 9.78 Å². The number of nitrogens with zero attached hydrogens (tertiary/aromatic N) is 3. The van der Waals surface area contributed by atoms with Crippen LogP contribution >= 0.6 is 11.6 Å². The lowest BCUT2D eigenvalue weighted by atomic mass is 10.2. The summed E-state index contributed by atoms with van der Waals surface area (Å²) in [6.07, 6.45) is 2.77. The van der Waals surface area contributed by atoms with Crippen molar-refractivity contribution < 1.29 is 9.90 Å². The summed E-state index contributed by atoms with van der Waals surface area (Å²) >= 11 is 6.21. The van der Waals surface area contributed by atoms with E-state index in [2.05, 4.69) is 5.10 Å². The summed E-state index contributed by atoms with van der Waals surface area (Å²) in [5, 5.41) is 13.4. The Balaban J connectivity index is 1.92. The highest BCUT2D eigenvalue weighted by atomic mass is 35.5. The van der Waals surface area contributed by atoms with Crippen molar-refractivity contribution in [3.8, 4) is 0 Å². The van der Waals surface area contributed by atoms with Crippen LogP contribution in [0.3, 0.4) is 0 Å². The zero-order valence-corrected chi connectivity index (χ0v) is 13.1. The van der Waals surface area contributed by atoms with Gasteiger partial charge in [-0.15, -0.1) is 0 Å². The van der Waals surface area contributed by atoms with Gasteiger partial charge in [-0.2, -0.15) is 5.10 Å². The van der Waals surface area contributed by atoms with Crippen LogP contribution in [0, 0.1) is 0 Å². The van der Waals surface area contributed by atoms with Crippen LogP contribution in [0.1, 0.15) is 18.4 Å². The fourth-order valence-corrected chi connectivity index (χ4v) is 3.09. The van der Waals surface area contributed by atoms with Crippen molar-refractivity contribution in [3.05, 3.63) is 57.5 Å². The SMILES string of the molecule is O=C(O)C1CCCN1c1cnn(Cc2ccccc2)c(=O)c1Cl. The number of benzene rings is 1. The monoisotopic (exact) mass is 333 g/mol. The van der Waals surface area contributed by atoms with Crippen LogP contribution in [0.15, 0.2) is 41.3 Å². The number of carboxylic acids is 1. The van der Waals surface area contributed by atoms with Crippen molar-refractivity contribution in [2.24, 2.45) is 0 Å². The standard InChI is InChI=1S/C16H16ClN3O3/c17-14-13(19-8-4-7-12(19)16(22)23)9-18-20(15(14)21)10-11-5-2-1-3-6-11/h1-3,5-6,9,12H,4,7-8,10H2,(H,22,23). The number of hydrogen-bond acceptors (Lipinski definition) is 4. The summed E-state index contributed by atoms with van der Waals surface area (Å²) in [5.74, 6) is -0.910. The molecule has 1 atom stereocenters. The molecule has 1 N–H and O–H groups in total. The maximum absolute atomic E-state index is 12.4. The van der Waals surface area contributed by atoms with Gasteiger partial charge in [0.25, 0.3) is 5.56 Å². The first-order chi connectivity index (χ1) is 11.1. The van der Waals surface area contributed by atoms with Gasteiger partial charge in [-0.05, 0) is 18.4 Å². The predicted molar refractivity (Wildman–Crippen MR) is 87.1 cm³/mol. The van der Waals surface area contributed by atoms with Gasteiger partial charge in [0.05, 0.1) is 18.4 Å². The van der Waals surface area contributed by atoms with Gasteiger partial charge < -0.3 is 10.0 Å². The molecular weight excluding hydrogens is 318 g/mol. The van der Waals surface area contributed by atoms with Crippen LogP contribution in [-0.4, -0.2) is 33.4 Å². The molecule has 6 nitrogen and oxygen atoms in total. The Morgan fingerprint density at radius 1 is 1.35 bits per heavy atom. The number of anilines is 1. The molecule has 0 radical (unpaired) electrons. The van der Waals surface area contributed by atoms with Crippen molar-refractivity contribution in [2.75, 3.05) is 11.4 Å². The van der Waals surface area contributed by atoms with Crippen molar-refractivity contribution >= 4 is 23.3 Å². The van der Waals surface area contributed by atoms with Crippen LogP contribution in [0.4, 0.5) is 5.69 Å². The Morgan fingerprint density at radius 2 is 2.09 bits per heavy atom. The molecule has 1 aromatic carbocycles. The second-order valence-electron chi connectivity index (χ2n) is 5.48. The van der Waals surface area contributed by atoms with Crippen LogP contribution < -0.4 is 10.5 Å². The van der Waals surface area contributed by atoms with Crippen LogP contribution in [0.2, 0.25) is 5.02 Å². The summed E-state index contributed by atoms with van der Waals surface area (Å²) in [7, 11) is 0. The van der Waals surface area contributed by atoms with E-state index < -0.39 is 17.6 Å². The summed E-state index contributed by atoms with van der Waals surface area (Å²) in [6, 6.07) is 8.82. The minimum Gasteiger partial charge on any atom is -0.480 e. The Morgan fingerprint density at radius 3 is 2.78 bits per heavy atom. The fraction of sp³-hybridized carbons (Fsp3) is 0.312. The Kier molecular flexibility index (Phi) is 4.34. The van der Waals surface area contributed by atoms with Gasteiger partial charge in [0.2, 0.25) is 0 Å². The molecule has 7 heteroatoms.